The molecule has 1 aromatic heterocycles. The van der Waals surface area contributed by atoms with Crippen LogP contribution < -0.4 is 5.32 Å². The third kappa shape index (κ3) is 2.86. The fourth-order valence-electron chi connectivity index (χ4n) is 4.44. The van der Waals surface area contributed by atoms with Crippen molar-refractivity contribution in [2.24, 2.45) is 0 Å². The van der Waals surface area contributed by atoms with Gasteiger partial charge in [-0.1, -0.05) is 24.3 Å². The van der Waals surface area contributed by atoms with Gasteiger partial charge in [0.1, 0.15) is 5.54 Å². The quantitative estimate of drug-likeness (QED) is 0.934. The largest absolute Gasteiger partial charge is 0.340 e. The first-order chi connectivity index (χ1) is 12.2. The second-order valence-electron chi connectivity index (χ2n) is 7.33. The van der Waals surface area contributed by atoms with Crippen LogP contribution in [-0.2, 0) is 10.3 Å². The second-order valence-corrected chi connectivity index (χ2v) is 7.33. The highest BCUT2D eigenvalue weighted by atomic mass is 16.2. The third-order valence-electron chi connectivity index (χ3n) is 5.88. The van der Waals surface area contributed by atoms with E-state index in [1.54, 1.807) is 6.20 Å². The SMILES string of the molecule is Cc1ccccc1C1CCN(C(=O)C2(n3cccn3)CCNCC2)C1. The van der Waals surface area contributed by atoms with Gasteiger partial charge in [0, 0.05) is 31.4 Å². The first kappa shape index (κ1) is 16.3. The van der Waals surface area contributed by atoms with E-state index in [0.29, 0.717) is 5.92 Å². The van der Waals surface area contributed by atoms with Crippen LogP contribution in [0.1, 0.15) is 36.3 Å². The predicted octanol–water partition coefficient (Wildman–Crippen LogP) is 2.29. The van der Waals surface area contributed by atoms with Crippen molar-refractivity contribution in [3.63, 3.8) is 0 Å². The minimum Gasteiger partial charge on any atom is -0.340 e. The van der Waals surface area contributed by atoms with E-state index in [-0.39, 0.29) is 5.91 Å². The molecule has 2 saturated heterocycles. The number of hydrogen-bond donors (Lipinski definition) is 1. The topological polar surface area (TPSA) is 50.2 Å². The van der Waals surface area contributed by atoms with Gasteiger partial charge in [-0.25, -0.2) is 0 Å². The zero-order chi connectivity index (χ0) is 17.3. The van der Waals surface area contributed by atoms with E-state index in [9.17, 15) is 4.79 Å². The number of rotatable bonds is 3. The molecule has 1 N–H and O–H groups in total. The van der Waals surface area contributed by atoms with Crippen molar-refractivity contribution in [3.8, 4) is 0 Å². The normalized spacial score (nSPS) is 22.9. The number of carbonyl (C=O) groups excluding carboxylic acids is 1. The van der Waals surface area contributed by atoms with Gasteiger partial charge in [-0.05, 0) is 56.5 Å². The molecule has 2 fully saturated rings. The predicted molar refractivity (Wildman–Crippen MR) is 97.4 cm³/mol. The van der Waals surface area contributed by atoms with E-state index in [4.69, 9.17) is 0 Å². The summed E-state index contributed by atoms with van der Waals surface area (Å²) < 4.78 is 1.90. The van der Waals surface area contributed by atoms with Crippen molar-refractivity contribution in [1.82, 2.24) is 20.0 Å². The van der Waals surface area contributed by atoms with Crippen LogP contribution in [0.5, 0.6) is 0 Å². The van der Waals surface area contributed by atoms with E-state index in [0.717, 1.165) is 45.4 Å². The zero-order valence-electron chi connectivity index (χ0n) is 14.8. The first-order valence-corrected chi connectivity index (χ1v) is 9.26. The molecule has 132 valence electrons. The number of hydrogen-bond acceptors (Lipinski definition) is 3. The van der Waals surface area contributed by atoms with Crippen LogP contribution in [0.2, 0.25) is 0 Å². The lowest BCUT2D eigenvalue weighted by atomic mass is 9.86. The molecule has 1 aromatic carbocycles. The van der Waals surface area contributed by atoms with Crippen LogP contribution in [-0.4, -0.2) is 46.8 Å². The van der Waals surface area contributed by atoms with E-state index in [1.807, 2.05) is 16.9 Å². The Kier molecular flexibility index (Phi) is 4.34. The fourth-order valence-corrected chi connectivity index (χ4v) is 4.44. The molecule has 1 atom stereocenters. The Morgan fingerprint density at radius 1 is 1.24 bits per heavy atom. The molecule has 0 saturated carbocycles. The maximum atomic E-state index is 13.5. The Morgan fingerprint density at radius 2 is 2.04 bits per heavy atom. The molecule has 3 heterocycles. The van der Waals surface area contributed by atoms with E-state index < -0.39 is 5.54 Å². The number of aromatic nitrogens is 2. The Hall–Kier alpha value is -2.14. The minimum absolute atomic E-state index is 0.244. The minimum atomic E-state index is -0.518. The summed E-state index contributed by atoms with van der Waals surface area (Å²) in [6, 6.07) is 10.5. The Morgan fingerprint density at radius 3 is 2.76 bits per heavy atom. The molecule has 2 aliphatic heterocycles. The molecule has 1 amide bonds. The Bertz CT molecular complexity index is 734. The number of carbonyl (C=O) groups is 1. The number of amides is 1. The molecule has 5 nitrogen and oxygen atoms in total. The van der Waals surface area contributed by atoms with Gasteiger partial charge in [-0.15, -0.1) is 0 Å². The smallest absolute Gasteiger partial charge is 0.250 e. The van der Waals surface area contributed by atoms with Gasteiger partial charge in [0.15, 0.2) is 0 Å². The molecule has 2 aliphatic rings. The Balaban J connectivity index is 1.57. The van der Waals surface area contributed by atoms with Crippen molar-refractivity contribution in [2.45, 2.75) is 37.6 Å². The standard InChI is InChI=1S/C20H26N4O/c1-16-5-2-3-6-18(16)17-7-14-23(15-17)19(25)20(8-11-21-12-9-20)24-13-4-10-22-24/h2-6,10,13,17,21H,7-9,11-12,14-15H2,1H3. The lowest BCUT2D eigenvalue weighted by Gasteiger charge is -2.39. The highest BCUT2D eigenvalue weighted by molar-refractivity contribution is 5.85. The van der Waals surface area contributed by atoms with Gasteiger partial charge in [0.2, 0.25) is 0 Å². The molecular weight excluding hydrogens is 312 g/mol. The van der Waals surface area contributed by atoms with Crippen molar-refractivity contribution in [1.29, 1.82) is 0 Å². The van der Waals surface area contributed by atoms with Crippen LogP contribution >= 0.6 is 0 Å². The number of piperidine rings is 1. The molecular formula is C20H26N4O. The molecule has 0 radical (unpaired) electrons. The summed E-state index contributed by atoms with van der Waals surface area (Å²) in [6.07, 6.45) is 6.37. The molecule has 0 aliphatic carbocycles. The van der Waals surface area contributed by atoms with Gasteiger partial charge in [0.25, 0.3) is 5.91 Å². The van der Waals surface area contributed by atoms with Crippen LogP contribution in [0.4, 0.5) is 0 Å². The van der Waals surface area contributed by atoms with Gasteiger partial charge in [-0.3, -0.25) is 9.48 Å². The van der Waals surface area contributed by atoms with Gasteiger partial charge >= 0.3 is 0 Å². The van der Waals surface area contributed by atoms with Crippen LogP contribution in [0.25, 0.3) is 0 Å². The summed E-state index contributed by atoms with van der Waals surface area (Å²) in [5.41, 5.74) is 2.19. The van der Waals surface area contributed by atoms with Crippen LogP contribution in [0.3, 0.4) is 0 Å². The van der Waals surface area contributed by atoms with Crippen molar-refractivity contribution in [2.75, 3.05) is 26.2 Å². The summed E-state index contributed by atoms with van der Waals surface area (Å²) in [6.45, 7) is 5.55. The monoisotopic (exact) mass is 338 g/mol. The zero-order valence-corrected chi connectivity index (χ0v) is 14.8. The van der Waals surface area contributed by atoms with E-state index in [1.165, 1.54) is 11.1 Å². The number of likely N-dealkylation sites (tertiary alicyclic amines) is 1. The van der Waals surface area contributed by atoms with Crippen molar-refractivity contribution >= 4 is 5.91 Å². The van der Waals surface area contributed by atoms with Gasteiger partial charge < -0.3 is 10.2 Å². The van der Waals surface area contributed by atoms with Crippen LogP contribution in [0.15, 0.2) is 42.7 Å². The summed E-state index contributed by atoms with van der Waals surface area (Å²) in [4.78, 5) is 15.6. The first-order valence-electron chi connectivity index (χ1n) is 9.26. The molecule has 0 spiro atoms. The maximum Gasteiger partial charge on any atom is 0.250 e. The number of nitrogens with zero attached hydrogens (tertiary/aromatic N) is 3. The summed E-state index contributed by atoms with van der Waals surface area (Å²) in [5, 5.41) is 7.81. The molecule has 5 heteroatoms. The van der Waals surface area contributed by atoms with Crippen molar-refractivity contribution < 1.29 is 4.79 Å². The highest BCUT2D eigenvalue weighted by Gasteiger charge is 2.46. The fraction of sp³-hybridized carbons (Fsp3) is 0.500. The van der Waals surface area contributed by atoms with Gasteiger partial charge in [0.05, 0.1) is 0 Å². The Labute approximate surface area is 149 Å². The molecule has 2 aromatic rings. The van der Waals surface area contributed by atoms with Crippen LogP contribution in [0, 0.1) is 6.92 Å². The van der Waals surface area contributed by atoms with Gasteiger partial charge in [-0.2, -0.15) is 5.10 Å². The summed E-state index contributed by atoms with van der Waals surface area (Å²) in [7, 11) is 0. The number of nitrogens with one attached hydrogen (secondary N) is 1. The lowest BCUT2D eigenvalue weighted by Crippen LogP contribution is -2.55. The average molecular weight is 338 g/mol. The third-order valence-corrected chi connectivity index (χ3v) is 5.88. The molecule has 0 bridgehead atoms. The molecule has 4 rings (SSSR count). The number of aryl methyl sites for hydroxylation is 1. The molecule has 1 unspecified atom stereocenters. The highest BCUT2D eigenvalue weighted by Crippen LogP contribution is 2.35. The number of benzene rings is 1. The lowest BCUT2D eigenvalue weighted by molar-refractivity contribution is -0.142. The average Bonchev–Trinajstić information content (AvgIpc) is 3.34. The van der Waals surface area contributed by atoms with Crippen molar-refractivity contribution in [3.05, 3.63) is 53.9 Å². The van der Waals surface area contributed by atoms with E-state index >= 15 is 0 Å². The second kappa shape index (κ2) is 6.64. The molecule has 25 heavy (non-hydrogen) atoms. The maximum absolute atomic E-state index is 13.5. The summed E-state index contributed by atoms with van der Waals surface area (Å²) in [5.74, 6) is 0.690. The summed E-state index contributed by atoms with van der Waals surface area (Å²) >= 11 is 0. The van der Waals surface area contributed by atoms with E-state index in [2.05, 4.69) is 46.5 Å².